The highest BCUT2D eigenvalue weighted by molar-refractivity contribution is 5.09. The minimum Gasteiger partial charge on any atom is -0.363 e. The molecule has 0 bridgehead atoms. The first-order chi connectivity index (χ1) is 3.31. The average Bonchev–Trinajstić information content (AvgIpc) is 1.68. The van der Waals surface area contributed by atoms with Gasteiger partial charge in [0, 0.05) is 5.70 Å². The molecule has 0 saturated carbocycles. The number of nitrogens with one attached hydrogen (secondary N) is 1. The molecule has 1 nitrogen and oxygen atoms in total. The van der Waals surface area contributed by atoms with E-state index in [2.05, 4.69) is 25.1 Å². The summed E-state index contributed by atoms with van der Waals surface area (Å²) in [5.74, 6) is 0. The minimum absolute atomic E-state index is 0.773. The highest BCUT2D eigenvalue weighted by Gasteiger charge is 1.71. The molecule has 0 aliphatic heterocycles. The van der Waals surface area contributed by atoms with Crippen LogP contribution in [-0.2, 0) is 0 Å². The maximum atomic E-state index is 3.56. The van der Waals surface area contributed by atoms with E-state index < -0.39 is 0 Å². The highest BCUT2D eigenvalue weighted by Crippen LogP contribution is 1.79. The van der Waals surface area contributed by atoms with Crippen molar-refractivity contribution in [1.82, 2.24) is 5.32 Å². The fraction of sp³-hybridized carbons (Fsp3) is 0. The van der Waals surface area contributed by atoms with Crippen molar-refractivity contribution in [3.63, 3.8) is 0 Å². The van der Waals surface area contributed by atoms with E-state index in [0.29, 0.717) is 0 Å². The van der Waals surface area contributed by atoms with Crippen molar-refractivity contribution in [2.45, 2.75) is 0 Å². The molecule has 0 aromatic heterocycles. The smallest absolute Gasteiger partial charge is 0.0300 e. The largest absolute Gasteiger partial charge is 0.363 e. The summed E-state index contributed by atoms with van der Waals surface area (Å²) in [4.78, 5) is 0. The Hall–Kier alpha value is -0.980. The van der Waals surface area contributed by atoms with Gasteiger partial charge in [-0.3, -0.25) is 0 Å². The van der Waals surface area contributed by atoms with Crippen LogP contribution >= 0.6 is 0 Å². The Morgan fingerprint density at radius 1 is 1.43 bits per heavy atom. The Kier molecular flexibility index (Phi) is 2.77. The van der Waals surface area contributed by atoms with Crippen molar-refractivity contribution >= 4 is 0 Å². The molecule has 1 N–H and O–H groups in total. The predicted molar refractivity (Wildman–Crippen MR) is 32.7 cm³/mol. The van der Waals surface area contributed by atoms with Gasteiger partial charge in [0.25, 0.3) is 0 Å². The van der Waals surface area contributed by atoms with Crippen LogP contribution in [0.1, 0.15) is 0 Å². The molecule has 38 valence electrons. The lowest BCUT2D eigenvalue weighted by Crippen LogP contribution is -1.97. The van der Waals surface area contributed by atoms with Gasteiger partial charge < -0.3 is 5.32 Å². The zero-order valence-electron chi connectivity index (χ0n) is 4.28. The molecular weight excluding hydrogens is 86.1 g/mol. The molecule has 0 rings (SSSR count). The Morgan fingerprint density at radius 3 is 2.14 bits per heavy atom. The summed E-state index contributed by atoms with van der Waals surface area (Å²) in [6.07, 6.45) is 3.19. The average molecular weight is 95.1 g/mol. The van der Waals surface area contributed by atoms with Crippen LogP contribution in [0.2, 0.25) is 0 Å². The second-order valence-corrected chi connectivity index (χ2v) is 1.08. The third-order valence-corrected chi connectivity index (χ3v) is 0.534. The Balaban J connectivity index is 3.36. The molecule has 0 unspecified atom stereocenters. The zero-order chi connectivity index (χ0) is 5.70. The van der Waals surface area contributed by atoms with E-state index in [1.165, 1.54) is 0 Å². The van der Waals surface area contributed by atoms with Crippen LogP contribution in [0.25, 0.3) is 0 Å². The minimum atomic E-state index is 0.773. The standard InChI is InChI=1S/C6H9N/c1-4-6(3)7-5-2/h4-5,7H,1-3H2. The van der Waals surface area contributed by atoms with Crippen LogP contribution in [0.3, 0.4) is 0 Å². The van der Waals surface area contributed by atoms with Gasteiger partial charge in [0.15, 0.2) is 0 Å². The summed E-state index contributed by atoms with van der Waals surface area (Å²) in [5.41, 5.74) is 0.773. The molecule has 0 atom stereocenters. The van der Waals surface area contributed by atoms with Gasteiger partial charge >= 0.3 is 0 Å². The maximum absolute atomic E-state index is 3.56. The van der Waals surface area contributed by atoms with Crippen molar-refractivity contribution in [3.8, 4) is 0 Å². The third-order valence-electron chi connectivity index (χ3n) is 0.534. The van der Waals surface area contributed by atoms with E-state index in [1.54, 1.807) is 12.3 Å². The monoisotopic (exact) mass is 95.1 g/mol. The number of rotatable bonds is 3. The summed E-state index contributed by atoms with van der Waals surface area (Å²) < 4.78 is 0. The topological polar surface area (TPSA) is 12.0 Å². The number of hydrogen-bond acceptors (Lipinski definition) is 1. The lowest BCUT2D eigenvalue weighted by atomic mass is 10.5. The molecule has 0 aromatic rings. The second kappa shape index (κ2) is 3.22. The van der Waals surface area contributed by atoms with E-state index in [-0.39, 0.29) is 0 Å². The lowest BCUT2D eigenvalue weighted by Gasteiger charge is -1.92. The summed E-state index contributed by atoms with van der Waals surface area (Å²) in [6.45, 7) is 10.5. The van der Waals surface area contributed by atoms with Gasteiger partial charge in [0.05, 0.1) is 0 Å². The fourth-order valence-electron chi connectivity index (χ4n) is 0.190. The molecule has 0 saturated heterocycles. The predicted octanol–water partition coefficient (Wildman–Crippen LogP) is 1.42. The van der Waals surface area contributed by atoms with E-state index >= 15 is 0 Å². The van der Waals surface area contributed by atoms with Gasteiger partial charge in [-0.25, -0.2) is 0 Å². The first-order valence-electron chi connectivity index (χ1n) is 2.00. The molecular formula is C6H9N. The van der Waals surface area contributed by atoms with Crippen molar-refractivity contribution in [2.75, 3.05) is 0 Å². The van der Waals surface area contributed by atoms with E-state index in [0.717, 1.165) is 5.70 Å². The van der Waals surface area contributed by atoms with Gasteiger partial charge in [-0.2, -0.15) is 0 Å². The van der Waals surface area contributed by atoms with Crippen LogP contribution < -0.4 is 5.32 Å². The van der Waals surface area contributed by atoms with E-state index in [9.17, 15) is 0 Å². The first-order valence-corrected chi connectivity index (χ1v) is 2.00. The fourth-order valence-corrected chi connectivity index (χ4v) is 0.190. The van der Waals surface area contributed by atoms with Gasteiger partial charge in [-0.15, -0.1) is 0 Å². The summed E-state index contributed by atoms with van der Waals surface area (Å²) >= 11 is 0. The van der Waals surface area contributed by atoms with E-state index in [4.69, 9.17) is 0 Å². The highest BCUT2D eigenvalue weighted by atomic mass is 14.8. The number of hydrogen-bond donors (Lipinski definition) is 1. The summed E-state index contributed by atoms with van der Waals surface area (Å²) in [7, 11) is 0. The lowest BCUT2D eigenvalue weighted by molar-refractivity contribution is 1.13. The van der Waals surface area contributed by atoms with Crippen LogP contribution in [-0.4, -0.2) is 0 Å². The molecule has 7 heavy (non-hydrogen) atoms. The normalized spacial score (nSPS) is 6.86. The summed E-state index contributed by atoms with van der Waals surface area (Å²) in [5, 5.41) is 2.75. The van der Waals surface area contributed by atoms with Crippen LogP contribution in [0.4, 0.5) is 0 Å². The number of allylic oxidation sites excluding steroid dienone is 1. The van der Waals surface area contributed by atoms with Crippen LogP contribution in [0.15, 0.2) is 37.7 Å². The molecule has 0 aliphatic carbocycles. The second-order valence-electron chi connectivity index (χ2n) is 1.08. The van der Waals surface area contributed by atoms with Gasteiger partial charge in [-0.05, 0) is 12.3 Å². The molecule has 0 aromatic carbocycles. The Bertz CT molecular complexity index is 92.4. The van der Waals surface area contributed by atoms with E-state index in [1.807, 2.05) is 0 Å². The van der Waals surface area contributed by atoms with Crippen molar-refractivity contribution in [2.24, 2.45) is 0 Å². The molecule has 0 radical (unpaired) electrons. The molecule has 0 spiro atoms. The Labute approximate surface area is 44.0 Å². The maximum Gasteiger partial charge on any atom is 0.0300 e. The Morgan fingerprint density at radius 2 is 2.00 bits per heavy atom. The van der Waals surface area contributed by atoms with Crippen LogP contribution in [0.5, 0.6) is 0 Å². The van der Waals surface area contributed by atoms with Crippen LogP contribution in [0, 0.1) is 0 Å². The van der Waals surface area contributed by atoms with Crippen molar-refractivity contribution in [3.05, 3.63) is 37.7 Å². The molecule has 0 amide bonds. The van der Waals surface area contributed by atoms with Crippen molar-refractivity contribution in [1.29, 1.82) is 0 Å². The molecule has 0 heterocycles. The third kappa shape index (κ3) is 2.83. The van der Waals surface area contributed by atoms with Crippen molar-refractivity contribution < 1.29 is 0 Å². The van der Waals surface area contributed by atoms with Gasteiger partial charge in [0.2, 0.25) is 0 Å². The SMILES string of the molecule is C=CNC(=C)C=C. The molecule has 0 aliphatic rings. The molecule has 0 fully saturated rings. The van der Waals surface area contributed by atoms with Gasteiger partial charge in [0.1, 0.15) is 0 Å². The molecule has 1 heteroatoms. The zero-order valence-corrected chi connectivity index (χ0v) is 4.28. The quantitative estimate of drug-likeness (QED) is 0.523. The first kappa shape index (κ1) is 6.02. The summed E-state index contributed by atoms with van der Waals surface area (Å²) in [6, 6.07) is 0. The van der Waals surface area contributed by atoms with Gasteiger partial charge in [-0.1, -0.05) is 19.7 Å².